The number of ether oxygens (including phenoxy) is 1. The third-order valence-electron chi connectivity index (χ3n) is 6.17. The van der Waals surface area contributed by atoms with Crippen LogP contribution in [0.15, 0.2) is 47.4 Å². The summed E-state index contributed by atoms with van der Waals surface area (Å²) in [6.45, 7) is 3.58. The zero-order valence-corrected chi connectivity index (χ0v) is 20.8. The van der Waals surface area contributed by atoms with Crippen molar-refractivity contribution in [3.05, 3.63) is 64.2 Å². The number of aromatic nitrogens is 1. The minimum absolute atomic E-state index is 0.123. The van der Waals surface area contributed by atoms with Crippen molar-refractivity contribution in [3.8, 4) is 16.9 Å². The van der Waals surface area contributed by atoms with Gasteiger partial charge in [-0.25, -0.2) is 8.96 Å². The first-order valence-corrected chi connectivity index (χ1v) is 12.7. The molecule has 1 saturated carbocycles. The Kier molecular flexibility index (Phi) is 8.66. The van der Waals surface area contributed by atoms with Crippen LogP contribution in [-0.4, -0.2) is 23.7 Å². The molecule has 1 aromatic heterocycles. The van der Waals surface area contributed by atoms with Gasteiger partial charge in [0.1, 0.15) is 18.3 Å². The first-order chi connectivity index (χ1) is 16.2. The number of methoxy groups -OCH3 is 1. The highest BCUT2D eigenvalue weighted by Crippen LogP contribution is 2.42. The Morgan fingerprint density at radius 2 is 1.82 bits per heavy atom. The van der Waals surface area contributed by atoms with Crippen LogP contribution < -0.4 is 10.2 Å². The molecule has 0 radical (unpaired) electrons. The first kappa shape index (κ1) is 26.1. The second-order valence-electron chi connectivity index (χ2n) is 8.27. The molecular weight excluding hydrogens is 460 g/mol. The Hall–Kier alpha value is -2.51. The molecule has 1 atom stereocenters. The highest BCUT2D eigenvalue weighted by atomic mass is 31.2. The number of fused-ring (bicyclic) bond motifs is 1. The SMILES string of the molecule is CCC1CCC1.COc1ccc(-c2cn(COP(=O)(O)OC)c3c(C)ccc(F)c3c2=O)cc1. The maximum atomic E-state index is 14.6. The van der Waals surface area contributed by atoms with Crippen LogP contribution in [0.5, 0.6) is 5.75 Å². The van der Waals surface area contributed by atoms with E-state index in [1.54, 1.807) is 31.2 Å². The lowest BCUT2D eigenvalue weighted by atomic mass is 9.84. The number of phosphoric ester groups is 1. The molecule has 34 heavy (non-hydrogen) atoms. The predicted octanol–water partition coefficient (Wildman–Crippen LogP) is 6.04. The lowest BCUT2D eigenvalue weighted by Gasteiger charge is -2.22. The number of aryl methyl sites for hydroxylation is 1. The molecule has 184 valence electrons. The van der Waals surface area contributed by atoms with Gasteiger partial charge in [0.05, 0.1) is 18.0 Å². The smallest absolute Gasteiger partial charge is 0.473 e. The summed E-state index contributed by atoms with van der Waals surface area (Å²) in [5.74, 6) is 1.04. The number of halogens is 1. The van der Waals surface area contributed by atoms with Crippen molar-refractivity contribution in [2.75, 3.05) is 14.2 Å². The number of hydrogen-bond acceptors (Lipinski definition) is 5. The summed E-state index contributed by atoms with van der Waals surface area (Å²) < 4.78 is 42.1. The molecule has 0 aliphatic heterocycles. The Bertz CT molecular complexity index is 1230. The Balaban J connectivity index is 0.000000469. The van der Waals surface area contributed by atoms with E-state index in [0.717, 1.165) is 13.0 Å². The van der Waals surface area contributed by atoms with Gasteiger partial charge >= 0.3 is 7.82 Å². The van der Waals surface area contributed by atoms with Crippen molar-refractivity contribution in [2.45, 2.75) is 46.3 Å². The molecule has 1 unspecified atom stereocenters. The second kappa shape index (κ2) is 11.3. The van der Waals surface area contributed by atoms with Gasteiger partial charge in [0.2, 0.25) is 0 Å². The van der Waals surface area contributed by atoms with Gasteiger partial charge in [-0.15, -0.1) is 0 Å². The topological polar surface area (TPSA) is 87.0 Å². The third kappa shape index (κ3) is 5.94. The van der Waals surface area contributed by atoms with Crippen molar-refractivity contribution in [1.82, 2.24) is 4.57 Å². The van der Waals surface area contributed by atoms with E-state index in [9.17, 15) is 18.6 Å². The standard InChI is InChI=1S/C19H19FNO6P.C6H12/c1-12-4-9-16(20)17-18(12)21(11-27-28(23,24)26-3)10-15(19(17)22)13-5-7-14(25-2)8-6-13;1-2-6-4-3-5-6/h4-10H,11H2,1-3H3,(H,23,24);6H,2-5H2,1H3. The number of benzene rings is 2. The van der Waals surface area contributed by atoms with Gasteiger partial charge < -0.3 is 14.2 Å². The summed E-state index contributed by atoms with van der Waals surface area (Å²) in [7, 11) is -1.70. The van der Waals surface area contributed by atoms with Gasteiger partial charge in [0, 0.05) is 18.9 Å². The number of nitrogens with zero attached hydrogens (tertiary/aromatic N) is 1. The zero-order valence-electron chi connectivity index (χ0n) is 19.9. The van der Waals surface area contributed by atoms with E-state index in [4.69, 9.17) is 9.26 Å². The van der Waals surface area contributed by atoms with Crippen LogP contribution in [0.2, 0.25) is 0 Å². The summed E-state index contributed by atoms with van der Waals surface area (Å²) in [5, 5.41) is -0.123. The molecule has 1 heterocycles. The molecule has 4 rings (SSSR count). The van der Waals surface area contributed by atoms with Gasteiger partial charge in [0.15, 0.2) is 5.43 Å². The molecule has 7 nitrogen and oxygen atoms in total. The second-order valence-corrected chi connectivity index (χ2v) is 9.83. The maximum Gasteiger partial charge on any atom is 0.473 e. The van der Waals surface area contributed by atoms with Crippen LogP contribution in [-0.2, 0) is 20.3 Å². The van der Waals surface area contributed by atoms with Crippen molar-refractivity contribution in [1.29, 1.82) is 0 Å². The Labute approximate surface area is 198 Å². The number of pyridine rings is 1. The normalized spacial score (nSPS) is 15.2. The van der Waals surface area contributed by atoms with E-state index in [1.165, 1.54) is 55.7 Å². The molecule has 3 aromatic rings. The van der Waals surface area contributed by atoms with Crippen LogP contribution in [0.3, 0.4) is 0 Å². The maximum absolute atomic E-state index is 14.6. The lowest BCUT2D eigenvalue weighted by molar-refractivity contribution is 0.138. The van der Waals surface area contributed by atoms with Crippen molar-refractivity contribution in [2.24, 2.45) is 5.92 Å². The summed E-state index contributed by atoms with van der Waals surface area (Å²) >= 11 is 0. The van der Waals surface area contributed by atoms with Crippen LogP contribution in [0.4, 0.5) is 4.39 Å². The van der Waals surface area contributed by atoms with Crippen LogP contribution in [0.25, 0.3) is 22.0 Å². The largest absolute Gasteiger partial charge is 0.497 e. The molecule has 0 spiro atoms. The minimum atomic E-state index is -4.26. The van der Waals surface area contributed by atoms with Crippen molar-refractivity contribution in [3.63, 3.8) is 0 Å². The Morgan fingerprint density at radius 1 is 1.15 bits per heavy atom. The molecular formula is C25H31FNO6P. The number of phosphoric acid groups is 1. The highest BCUT2D eigenvalue weighted by molar-refractivity contribution is 7.47. The van der Waals surface area contributed by atoms with E-state index in [1.807, 2.05) is 0 Å². The summed E-state index contributed by atoms with van der Waals surface area (Å²) in [6.07, 6.45) is 7.40. The average Bonchev–Trinajstić information content (AvgIpc) is 2.80. The van der Waals surface area contributed by atoms with Crippen LogP contribution in [0, 0.1) is 18.7 Å². The number of hydrogen-bond donors (Lipinski definition) is 1. The molecule has 2 aromatic carbocycles. The predicted molar refractivity (Wildman–Crippen MR) is 130 cm³/mol. The van der Waals surface area contributed by atoms with E-state index in [0.29, 0.717) is 16.9 Å². The fourth-order valence-corrected chi connectivity index (χ4v) is 4.21. The highest BCUT2D eigenvalue weighted by Gasteiger charge is 2.21. The van der Waals surface area contributed by atoms with Crippen molar-refractivity contribution < 1.29 is 27.6 Å². The molecule has 1 N–H and O–H groups in total. The average molecular weight is 491 g/mol. The molecule has 9 heteroatoms. The van der Waals surface area contributed by atoms with Gasteiger partial charge in [0.25, 0.3) is 0 Å². The fraction of sp³-hybridized carbons (Fsp3) is 0.400. The molecule has 0 amide bonds. The molecule has 0 saturated heterocycles. The Morgan fingerprint density at radius 3 is 2.32 bits per heavy atom. The summed E-state index contributed by atoms with van der Waals surface area (Å²) in [6, 6.07) is 9.45. The fourth-order valence-electron chi connectivity index (χ4n) is 3.84. The van der Waals surface area contributed by atoms with Gasteiger partial charge in [-0.05, 0) is 42.2 Å². The van der Waals surface area contributed by atoms with E-state index in [-0.39, 0.29) is 16.5 Å². The van der Waals surface area contributed by atoms with Gasteiger partial charge in [-0.3, -0.25) is 13.8 Å². The van der Waals surface area contributed by atoms with Gasteiger partial charge in [-0.1, -0.05) is 50.8 Å². The monoisotopic (exact) mass is 491 g/mol. The van der Waals surface area contributed by atoms with E-state index >= 15 is 0 Å². The lowest BCUT2D eigenvalue weighted by Crippen LogP contribution is -2.15. The third-order valence-corrected chi connectivity index (χ3v) is 7.07. The number of rotatable bonds is 7. The van der Waals surface area contributed by atoms with E-state index < -0.39 is 25.8 Å². The summed E-state index contributed by atoms with van der Waals surface area (Å²) in [5.41, 5.74) is 1.16. The van der Waals surface area contributed by atoms with Crippen molar-refractivity contribution >= 4 is 18.7 Å². The van der Waals surface area contributed by atoms with Crippen LogP contribution >= 0.6 is 7.82 Å². The quantitative estimate of drug-likeness (QED) is 0.406. The van der Waals surface area contributed by atoms with E-state index in [2.05, 4.69) is 11.4 Å². The molecule has 1 aliphatic rings. The first-order valence-electron chi connectivity index (χ1n) is 11.2. The summed E-state index contributed by atoms with van der Waals surface area (Å²) in [4.78, 5) is 22.5. The molecule has 1 fully saturated rings. The molecule has 0 bridgehead atoms. The minimum Gasteiger partial charge on any atom is -0.497 e. The van der Waals surface area contributed by atoms with Gasteiger partial charge in [-0.2, -0.15) is 0 Å². The van der Waals surface area contributed by atoms with Crippen LogP contribution in [0.1, 0.15) is 38.2 Å². The molecule has 1 aliphatic carbocycles. The zero-order chi connectivity index (χ0) is 24.9.